The lowest BCUT2D eigenvalue weighted by atomic mass is 9.99. The molecule has 4 nitrogen and oxygen atoms in total. The van der Waals surface area contributed by atoms with Crippen molar-refractivity contribution < 1.29 is 14.3 Å². The number of esters is 1. The number of hydrogen-bond acceptors (Lipinski definition) is 4. The summed E-state index contributed by atoms with van der Waals surface area (Å²) in [5.41, 5.74) is 4.76. The molecule has 0 aliphatic heterocycles. The number of rotatable bonds is 5. The first-order valence-electron chi connectivity index (χ1n) is 4.05. The maximum absolute atomic E-state index is 11.3. The van der Waals surface area contributed by atoms with Gasteiger partial charge in [-0.25, -0.2) is 4.79 Å². The molecule has 12 heavy (non-hydrogen) atoms. The third kappa shape index (κ3) is 2.79. The number of nitrogens with two attached hydrogens (primary N) is 1. The molecule has 0 rings (SSSR count). The highest BCUT2D eigenvalue weighted by atomic mass is 16.5. The number of ether oxygens (including phenoxy) is 2. The second-order valence-corrected chi connectivity index (χ2v) is 2.66. The molecular formula is C8H17NO3. The van der Waals surface area contributed by atoms with E-state index in [0.717, 1.165) is 0 Å². The Morgan fingerprint density at radius 3 is 2.42 bits per heavy atom. The molecule has 1 unspecified atom stereocenters. The molecule has 4 heteroatoms. The minimum absolute atomic E-state index is 0.197. The molecule has 0 saturated carbocycles. The normalized spacial score (nSPS) is 15.3. The Kier molecular flexibility index (Phi) is 4.85. The first-order chi connectivity index (χ1) is 5.60. The van der Waals surface area contributed by atoms with Crippen molar-refractivity contribution in [3.05, 3.63) is 0 Å². The summed E-state index contributed by atoms with van der Waals surface area (Å²) in [7, 11) is 1.51. The van der Waals surface area contributed by atoms with E-state index in [-0.39, 0.29) is 6.61 Å². The van der Waals surface area contributed by atoms with Gasteiger partial charge in [0.05, 0.1) is 13.2 Å². The van der Waals surface area contributed by atoms with Crippen LogP contribution >= 0.6 is 0 Å². The molecule has 0 aliphatic rings. The lowest BCUT2D eigenvalue weighted by Gasteiger charge is -2.24. The number of hydrogen-bond donors (Lipinski definition) is 1. The summed E-state index contributed by atoms with van der Waals surface area (Å²) in [5.74, 6) is -0.394. The SMILES string of the molecule is CCOC(=O)C(N)(CC)COC. The Morgan fingerprint density at radius 2 is 2.08 bits per heavy atom. The average molecular weight is 175 g/mol. The molecule has 0 spiro atoms. The Hall–Kier alpha value is -0.610. The van der Waals surface area contributed by atoms with E-state index in [0.29, 0.717) is 13.0 Å². The van der Waals surface area contributed by atoms with Crippen LogP contribution in [0.5, 0.6) is 0 Å². The maximum Gasteiger partial charge on any atom is 0.328 e. The third-order valence-electron chi connectivity index (χ3n) is 1.71. The van der Waals surface area contributed by atoms with Crippen molar-refractivity contribution >= 4 is 5.97 Å². The van der Waals surface area contributed by atoms with Crippen LogP contribution in [0.1, 0.15) is 20.3 Å². The summed E-state index contributed by atoms with van der Waals surface area (Å²) in [6.45, 7) is 4.13. The molecule has 0 bridgehead atoms. The zero-order chi connectivity index (χ0) is 9.61. The van der Waals surface area contributed by atoms with Gasteiger partial charge >= 0.3 is 5.97 Å². The third-order valence-corrected chi connectivity index (χ3v) is 1.71. The molecule has 0 amide bonds. The van der Waals surface area contributed by atoms with Crippen LogP contribution in [0.15, 0.2) is 0 Å². The molecular weight excluding hydrogens is 158 g/mol. The van der Waals surface area contributed by atoms with E-state index >= 15 is 0 Å². The maximum atomic E-state index is 11.3. The van der Waals surface area contributed by atoms with Crippen molar-refractivity contribution in [3.63, 3.8) is 0 Å². The van der Waals surface area contributed by atoms with E-state index in [1.54, 1.807) is 6.92 Å². The fourth-order valence-corrected chi connectivity index (χ4v) is 0.838. The lowest BCUT2D eigenvalue weighted by Crippen LogP contribution is -2.52. The summed E-state index contributed by atoms with van der Waals surface area (Å²) in [4.78, 5) is 11.3. The van der Waals surface area contributed by atoms with Crippen molar-refractivity contribution in [2.24, 2.45) is 5.73 Å². The molecule has 0 saturated heterocycles. The van der Waals surface area contributed by atoms with Crippen molar-refractivity contribution in [2.45, 2.75) is 25.8 Å². The van der Waals surface area contributed by atoms with Crippen molar-refractivity contribution in [1.82, 2.24) is 0 Å². The van der Waals surface area contributed by atoms with E-state index in [2.05, 4.69) is 0 Å². The molecule has 0 aromatic heterocycles. The van der Waals surface area contributed by atoms with Gasteiger partial charge in [0.25, 0.3) is 0 Å². The van der Waals surface area contributed by atoms with Crippen LogP contribution in [0.25, 0.3) is 0 Å². The minimum atomic E-state index is -0.981. The highest BCUT2D eigenvalue weighted by Gasteiger charge is 2.33. The largest absolute Gasteiger partial charge is 0.465 e. The van der Waals surface area contributed by atoms with E-state index in [1.165, 1.54) is 7.11 Å². The van der Waals surface area contributed by atoms with Gasteiger partial charge in [-0.05, 0) is 13.3 Å². The number of methoxy groups -OCH3 is 1. The Morgan fingerprint density at radius 1 is 1.50 bits per heavy atom. The monoisotopic (exact) mass is 175 g/mol. The van der Waals surface area contributed by atoms with Gasteiger partial charge in [-0.1, -0.05) is 6.92 Å². The van der Waals surface area contributed by atoms with Gasteiger partial charge in [-0.2, -0.15) is 0 Å². The first-order valence-corrected chi connectivity index (χ1v) is 4.05. The van der Waals surface area contributed by atoms with E-state index in [9.17, 15) is 4.79 Å². The van der Waals surface area contributed by atoms with Crippen LogP contribution in [0, 0.1) is 0 Å². The van der Waals surface area contributed by atoms with E-state index in [4.69, 9.17) is 15.2 Å². The molecule has 0 radical (unpaired) electrons. The molecule has 0 fully saturated rings. The highest BCUT2D eigenvalue weighted by Crippen LogP contribution is 2.08. The topological polar surface area (TPSA) is 61.5 Å². The molecule has 1 atom stereocenters. The fraction of sp³-hybridized carbons (Fsp3) is 0.875. The second-order valence-electron chi connectivity index (χ2n) is 2.66. The molecule has 0 aromatic rings. The second kappa shape index (κ2) is 5.11. The summed E-state index contributed by atoms with van der Waals surface area (Å²) in [6.07, 6.45) is 0.514. The molecule has 0 aromatic carbocycles. The summed E-state index contributed by atoms with van der Waals surface area (Å²) >= 11 is 0. The van der Waals surface area contributed by atoms with Crippen molar-refractivity contribution in [1.29, 1.82) is 0 Å². The Labute approximate surface area is 73.0 Å². The van der Waals surface area contributed by atoms with Crippen LogP contribution in [-0.4, -0.2) is 31.8 Å². The Balaban J connectivity index is 4.18. The van der Waals surface area contributed by atoms with Crippen molar-refractivity contribution in [3.8, 4) is 0 Å². The zero-order valence-electron chi connectivity index (χ0n) is 7.92. The predicted molar refractivity (Wildman–Crippen MR) is 45.7 cm³/mol. The van der Waals surface area contributed by atoms with Crippen LogP contribution in [0.4, 0.5) is 0 Å². The first kappa shape index (κ1) is 11.4. The smallest absolute Gasteiger partial charge is 0.328 e. The van der Waals surface area contributed by atoms with Crippen LogP contribution < -0.4 is 5.73 Å². The van der Waals surface area contributed by atoms with E-state index in [1.807, 2.05) is 6.92 Å². The van der Waals surface area contributed by atoms with Gasteiger partial charge in [-0.15, -0.1) is 0 Å². The fourth-order valence-electron chi connectivity index (χ4n) is 0.838. The van der Waals surface area contributed by atoms with Gasteiger partial charge in [0.1, 0.15) is 5.54 Å². The highest BCUT2D eigenvalue weighted by molar-refractivity contribution is 5.80. The number of carbonyl (C=O) groups is 1. The molecule has 2 N–H and O–H groups in total. The van der Waals surface area contributed by atoms with Crippen LogP contribution in [-0.2, 0) is 14.3 Å². The standard InChI is InChI=1S/C8H17NO3/c1-4-8(9,6-11-3)7(10)12-5-2/h4-6,9H2,1-3H3. The van der Waals surface area contributed by atoms with Gasteiger partial charge in [0.2, 0.25) is 0 Å². The van der Waals surface area contributed by atoms with E-state index < -0.39 is 11.5 Å². The van der Waals surface area contributed by atoms with Gasteiger partial charge < -0.3 is 15.2 Å². The van der Waals surface area contributed by atoms with Crippen molar-refractivity contribution in [2.75, 3.05) is 20.3 Å². The quantitative estimate of drug-likeness (QED) is 0.610. The lowest BCUT2D eigenvalue weighted by molar-refractivity contribution is -0.151. The predicted octanol–water partition coefficient (Wildman–Crippen LogP) is 0.303. The molecule has 72 valence electrons. The molecule has 0 heterocycles. The van der Waals surface area contributed by atoms with Crippen LogP contribution in [0.3, 0.4) is 0 Å². The van der Waals surface area contributed by atoms with Gasteiger partial charge in [0.15, 0.2) is 0 Å². The number of carbonyl (C=O) groups excluding carboxylic acids is 1. The minimum Gasteiger partial charge on any atom is -0.465 e. The zero-order valence-corrected chi connectivity index (χ0v) is 7.92. The van der Waals surface area contributed by atoms with Gasteiger partial charge in [0, 0.05) is 7.11 Å². The van der Waals surface area contributed by atoms with Gasteiger partial charge in [-0.3, -0.25) is 0 Å². The Bertz CT molecular complexity index is 149. The van der Waals surface area contributed by atoms with Crippen LogP contribution in [0.2, 0.25) is 0 Å². The summed E-state index contributed by atoms with van der Waals surface area (Å²) in [6, 6.07) is 0. The summed E-state index contributed by atoms with van der Waals surface area (Å²) in [5, 5.41) is 0. The molecule has 0 aliphatic carbocycles. The summed E-state index contributed by atoms with van der Waals surface area (Å²) < 4.78 is 9.65. The average Bonchev–Trinajstić information content (AvgIpc) is 2.05.